The summed E-state index contributed by atoms with van der Waals surface area (Å²) in [5.41, 5.74) is 7.53. The molecule has 1 atom stereocenters. The van der Waals surface area contributed by atoms with E-state index in [1.54, 1.807) is 24.3 Å². The SMILES string of the molecule is N[C@@H](Cc1ccc(O)cc1)C(=O)Nc1ccc(I)cc1. The maximum atomic E-state index is 12.0. The van der Waals surface area contributed by atoms with Crippen LogP contribution in [0.5, 0.6) is 5.75 Å². The first-order valence-electron chi connectivity index (χ1n) is 6.14. The van der Waals surface area contributed by atoms with Gasteiger partial charge in [0.05, 0.1) is 6.04 Å². The normalized spacial score (nSPS) is 11.9. The molecule has 4 N–H and O–H groups in total. The molecule has 0 saturated carbocycles. The highest BCUT2D eigenvalue weighted by atomic mass is 127. The Kier molecular flexibility index (Phi) is 4.97. The molecule has 0 fully saturated rings. The van der Waals surface area contributed by atoms with Crippen molar-refractivity contribution in [2.45, 2.75) is 12.5 Å². The molecule has 2 aromatic carbocycles. The van der Waals surface area contributed by atoms with E-state index in [9.17, 15) is 9.90 Å². The van der Waals surface area contributed by atoms with E-state index in [-0.39, 0.29) is 11.7 Å². The third-order valence-electron chi connectivity index (χ3n) is 2.84. The monoisotopic (exact) mass is 382 g/mol. The van der Waals surface area contributed by atoms with E-state index in [1.807, 2.05) is 24.3 Å². The second-order valence-corrected chi connectivity index (χ2v) is 5.72. The Hall–Kier alpha value is -1.60. The van der Waals surface area contributed by atoms with Crippen LogP contribution in [0.15, 0.2) is 48.5 Å². The van der Waals surface area contributed by atoms with Crippen LogP contribution in [0.3, 0.4) is 0 Å². The number of halogens is 1. The van der Waals surface area contributed by atoms with Gasteiger partial charge in [-0.3, -0.25) is 4.79 Å². The number of aromatic hydroxyl groups is 1. The van der Waals surface area contributed by atoms with Crippen molar-refractivity contribution in [3.63, 3.8) is 0 Å². The van der Waals surface area contributed by atoms with Crippen LogP contribution in [-0.4, -0.2) is 17.1 Å². The summed E-state index contributed by atoms with van der Waals surface area (Å²) in [5, 5.41) is 12.0. The van der Waals surface area contributed by atoms with Crippen molar-refractivity contribution in [2.75, 3.05) is 5.32 Å². The molecule has 0 spiro atoms. The molecule has 0 unspecified atom stereocenters. The molecular weight excluding hydrogens is 367 g/mol. The van der Waals surface area contributed by atoms with Crippen LogP contribution in [0.4, 0.5) is 5.69 Å². The van der Waals surface area contributed by atoms with Gasteiger partial charge in [0.25, 0.3) is 0 Å². The standard InChI is InChI=1S/C15H15IN2O2/c16-11-3-5-12(6-4-11)18-15(20)14(17)9-10-1-7-13(19)8-2-10/h1-8,14,19H,9,17H2,(H,18,20)/t14-/m0/s1. The smallest absolute Gasteiger partial charge is 0.241 e. The van der Waals surface area contributed by atoms with Crippen LogP contribution in [0.2, 0.25) is 0 Å². The largest absolute Gasteiger partial charge is 0.508 e. The van der Waals surface area contributed by atoms with Gasteiger partial charge in [0.15, 0.2) is 0 Å². The zero-order valence-corrected chi connectivity index (χ0v) is 12.9. The molecule has 0 heterocycles. The molecule has 2 rings (SSSR count). The van der Waals surface area contributed by atoms with Crippen molar-refractivity contribution in [1.29, 1.82) is 0 Å². The lowest BCUT2D eigenvalue weighted by Crippen LogP contribution is -2.37. The van der Waals surface area contributed by atoms with Gasteiger partial charge in [-0.1, -0.05) is 12.1 Å². The number of rotatable bonds is 4. The highest BCUT2D eigenvalue weighted by Gasteiger charge is 2.14. The molecule has 0 bridgehead atoms. The first kappa shape index (κ1) is 14.8. The summed E-state index contributed by atoms with van der Waals surface area (Å²) in [6.45, 7) is 0. The Morgan fingerprint density at radius 3 is 2.35 bits per heavy atom. The topological polar surface area (TPSA) is 75.3 Å². The maximum absolute atomic E-state index is 12.0. The number of anilines is 1. The number of carbonyl (C=O) groups is 1. The fourth-order valence-corrected chi connectivity index (χ4v) is 2.11. The van der Waals surface area contributed by atoms with Crippen molar-refractivity contribution < 1.29 is 9.90 Å². The van der Waals surface area contributed by atoms with Gasteiger partial charge in [-0.2, -0.15) is 0 Å². The minimum absolute atomic E-state index is 0.200. The van der Waals surface area contributed by atoms with Crippen LogP contribution in [0.25, 0.3) is 0 Å². The minimum atomic E-state index is -0.626. The molecule has 1 amide bonds. The van der Waals surface area contributed by atoms with E-state index in [0.29, 0.717) is 6.42 Å². The summed E-state index contributed by atoms with van der Waals surface area (Å²) in [7, 11) is 0. The Bertz CT molecular complexity index is 582. The number of nitrogens with one attached hydrogen (secondary N) is 1. The number of benzene rings is 2. The first-order valence-corrected chi connectivity index (χ1v) is 7.22. The van der Waals surface area contributed by atoms with Crippen molar-refractivity contribution in [3.8, 4) is 5.75 Å². The molecule has 4 nitrogen and oxygen atoms in total. The summed E-state index contributed by atoms with van der Waals surface area (Å²) in [6.07, 6.45) is 0.427. The predicted octanol–water partition coefficient (Wildman–Crippen LogP) is 2.51. The number of amides is 1. The van der Waals surface area contributed by atoms with Gasteiger partial charge < -0.3 is 16.2 Å². The van der Waals surface area contributed by atoms with Gasteiger partial charge in [-0.25, -0.2) is 0 Å². The second kappa shape index (κ2) is 6.71. The third kappa shape index (κ3) is 4.21. The molecule has 0 radical (unpaired) electrons. The number of nitrogens with two attached hydrogens (primary N) is 1. The molecule has 0 aromatic heterocycles. The van der Waals surface area contributed by atoms with Crippen molar-refractivity contribution in [2.24, 2.45) is 5.73 Å². The Morgan fingerprint density at radius 1 is 1.15 bits per heavy atom. The molecule has 2 aromatic rings. The van der Waals surface area contributed by atoms with E-state index >= 15 is 0 Å². The third-order valence-corrected chi connectivity index (χ3v) is 3.56. The number of hydrogen-bond donors (Lipinski definition) is 3. The molecule has 104 valence electrons. The zero-order valence-electron chi connectivity index (χ0n) is 10.7. The Morgan fingerprint density at radius 2 is 1.75 bits per heavy atom. The average Bonchev–Trinajstić information content (AvgIpc) is 2.44. The zero-order chi connectivity index (χ0) is 14.5. The summed E-state index contributed by atoms with van der Waals surface area (Å²) < 4.78 is 1.11. The highest BCUT2D eigenvalue weighted by molar-refractivity contribution is 14.1. The summed E-state index contributed by atoms with van der Waals surface area (Å²) in [5.74, 6) is -0.0232. The van der Waals surface area contributed by atoms with Gasteiger partial charge in [-0.05, 0) is 71.0 Å². The minimum Gasteiger partial charge on any atom is -0.508 e. The summed E-state index contributed by atoms with van der Waals surface area (Å²) in [4.78, 5) is 12.0. The lowest BCUT2D eigenvalue weighted by Gasteiger charge is -2.12. The molecule has 0 aliphatic rings. The Balaban J connectivity index is 1.94. The number of hydrogen-bond acceptors (Lipinski definition) is 3. The van der Waals surface area contributed by atoms with Crippen molar-refractivity contribution in [1.82, 2.24) is 0 Å². The number of phenols is 1. The summed E-state index contributed by atoms with van der Waals surface area (Å²) in [6, 6.07) is 13.6. The fraction of sp³-hybridized carbons (Fsp3) is 0.133. The van der Waals surface area contributed by atoms with E-state index in [4.69, 9.17) is 5.73 Å². The molecule has 0 aliphatic carbocycles. The molecular formula is C15H15IN2O2. The van der Waals surface area contributed by atoms with Gasteiger partial charge in [-0.15, -0.1) is 0 Å². The quantitative estimate of drug-likeness (QED) is 0.712. The van der Waals surface area contributed by atoms with Gasteiger partial charge in [0.1, 0.15) is 5.75 Å². The first-order chi connectivity index (χ1) is 9.54. The van der Waals surface area contributed by atoms with Crippen molar-refractivity contribution >= 4 is 34.2 Å². The van der Waals surface area contributed by atoms with Crippen LogP contribution in [0, 0.1) is 3.57 Å². The predicted molar refractivity (Wildman–Crippen MR) is 87.6 cm³/mol. The summed E-state index contributed by atoms with van der Waals surface area (Å²) >= 11 is 2.20. The lowest BCUT2D eigenvalue weighted by atomic mass is 10.1. The van der Waals surface area contributed by atoms with Gasteiger partial charge in [0, 0.05) is 9.26 Å². The van der Waals surface area contributed by atoms with E-state index in [1.165, 1.54) is 0 Å². The maximum Gasteiger partial charge on any atom is 0.241 e. The molecule has 5 heteroatoms. The highest BCUT2D eigenvalue weighted by Crippen LogP contribution is 2.13. The Labute approximate surface area is 131 Å². The van der Waals surface area contributed by atoms with Gasteiger partial charge >= 0.3 is 0 Å². The number of carbonyl (C=O) groups excluding carboxylic acids is 1. The second-order valence-electron chi connectivity index (χ2n) is 4.47. The lowest BCUT2D eigenvalue weighted by molar-refractivity contribution is -0.117. The van der Waals surface area contributed by atoms with Gasteiger partial charge in [0.2, 0.25) is 5.91 Å². The molecule has 0 saturated heterocycles. The fourth-order valence-electron chi connectivity index (χ4n) is 1.75. The van der Waals surface area contributed by atoms with E-state index < -0.39 is 6.04 Å². The molecule has 0 aliphatic heterocycles. The van der Waals surface area contributed by atoms with E-state index in [0.717, 1.165) is 14.8 Å². The average molecular weight is 382 g/mol. The van der Waals surface area contributed by atoms with Crippen molar-refractivity contribution in [3.05, 3.63) is 57.7 Å². The van der Waals surface area contributed by atoms with Crippen LogP contribution < -0.4 is 11.1 Å². The van der Waals surface area contributed by atoms with Crippen LogP contribution in [-0.2, 0) is 11.2 Å². The van der Waals surface area contributed by atoms with Crippen LogP contribution >= 0.6 is 22.6 Å². The van der Waals surface area contributed by atoms with Crippen LogP contribution in [0.1, 0.15) is 5.56 Å². The van der Waals surface area contributed by atoms with E-state index in [2.05, 4.69) is 27.9 Å². The number of phenolic OH excluding ortho intramolecular Hbond substituents is 1. The molecule has 20 heavy (non-hydrogen) atoms.